The Morgan fingerprint density at radius 3 is 2.57 bits per heavy atom. The van der Waals surface area contributed by atoms with E-state index in [0.717, 1.165) is 17.8 Å². The van der Waals surface area contributed by atoms with Crippen molar-refractivity contribution in [2.45, 2.75) is 89.5 Å². The molecule has 0 amide bonds. The Hall–Kier alpha value is -0.300. The van der Waals surface area contributed by atoms with Gasteiger partial charge in [0.2, 0.25) is 0 Å². The molecule has 0 saturated heterocycles. The molecule has 21 heavy (non-hydrogen) atoms. The fourth-order valence-corrected chi connectivity index (χ4v) is 5.44. The summed E-state index contributed by atoms with van der Waals surface area (Å²) in [7, 11) is 2.21. The zero-order valence-electron chi connectivity index (χ0n) is 14.1. The highest BCUT2D eigenvalue weighted by molar-refractivity contribution is 5.14. The van der Waals surface area contributed by atoms with Crippen LogP contribution in [0.25, 0.3) is 0 Å². The van der Waals surface area contributed by atoms with Crippen LogP contribution in [0, 0.1) is 17.8 Å². The molecule has 0 aromatic heterocycles. The van der Waals surface area contributed by atoms with E-state index >= 15 is 0 Å². The second-order valence-corrected chi connectivity index (χ2v) is 7.88. The van der Waals surface area contributed by atoms with Crippen LogP contribution in [0.3, 0.4) is 0 Å². The maximum absolute atomic E-state index is 3.72. The van der Waals surface area contributed by atoms with Crippen molar-refractivity contribution < 1.29 is 0 Å². The predicted octanol–water partition coefficient (Wildman–Crippen LogP) is 5.46. The van der Waals surface area contributed by atoms with Crippen molar-refractivity contribution in [3.05, 3.63) is 11.6 Å². The molecule has 0 spiro atoms. The molecule has 1 nitrogen and oxygen atoms in total. The van der Waals surface area contributed by atoms with Gasteiger partial charge in [0.25, 0.3) is 0 Å². The summed E-state index contributed by atoms with van der Waals surface area (Å²) in [5, 5.41) is 3.72. The SMILES string of the molecule is CNC(C1=CCCCCCC1)C1CCC2CCCCC2C1. The second kappa shape index (κ2) is 7.81. The van der Waals surface area contributed by atoms with Gasteiger partial charge in [-0.1, -0.05) is 50.2 Å². The highest BCUT2D eigenvalue weighted by atomic mass is 14.9. The van der Waals surface area contributed by atoms with Crippen molar-refractivity contribution >= 4 is 0 Å². The molecule has 0 radical (unpaired) electrons. The smallest absolute Gasteiger partial charge is 0.0305 e. The zero-order chi connectivity index (χ0) is 14.5. The monoisotopic (exact) mass is 289 g/mol. The third-order valence-corrected chi connectivity index (χ3v) is 6.59. The number of hydrogen-bond donors (Lipinski definition) is 1. The molecule has 3 rings (SSSR count). The number of fused-ring (bicyclic) bond motifs is 1. The maximum Gasteiger partial charge on any atom is 0.0305 e. The normalized spacial score (nSPS) is 36.0. The van der Waals surface area contributed by atoms with Crippen LogP contribution in [0.5, 0.6) is 0 Å². The lowest BCUT2D eigenvalue weighted by molar-refractivity contribution is 0.116. The Morgan fingerprint density at radius 1 is 0.905 bits per heavy atom. The molecule has 3 aliphatic rings. The van der Waals surface area contributed by atoms with E-state index in [1.807, 2.05) is 0 Å². The van der Waals surface area contributed by atoms with Gasteiger partial charge in [0.15, 0.2) is 0 Å². The Morgan fingerprint density at radius 2 is 1.71 bits per heavy atom. The van der Waals surface area contributed by atoms with Crippen LogP contribution in [0.15, 0.2) is 11.6 Å². The van der Waals surface area contributed by atoms with Gasteiger partial charge < -0.3 is 5.32 Å². The minimum atomic E-state index is 0.686. The fourth-order valence-electron chi connectivity index (χ4n) is 5.44. The molecule has 2 fully saturated rings. The van der Waals surface area contributed by atoms with Gasteiger partial charge in [-0.3, -0.25) is 0 Å². The summed E-state index contributed by atoms with van der Waals surface area (Å²) in [5.74, 6) is 3.06. The highest BCUT2D eigenvalue weighted by Gasteiger charge is 2.35. The largest absolute Gasteiger partial charge is 0.313 e. The average Bonchev–Trinajstić information content (AvgIpc) is 2.49. The van der Waals surface area contributed by atoms with Crippen LogP contribution < -0.4 is 5.32 Å². The van der Waals surface area contributed by atoms with E-state index in [9.17, 15) is 0 Å². The number of hydrogen-bond acceptors (Lipinski definition) is 1. The minimum absolute atomic E-state index is 0.686. The standard InChI is InChI=1S/C20H35N/c1-21-20(17-10-5-3-2-4-6-11-17)19-14-13-16-9-7-8-12-18(16)15-19/h10,16,18-21H,2-9,11-15H2,1H3. The van der Waals surface area contributed by atoms with E-state index in [1.54, 1.807) is 5.57 Å². The quantitative estimate of drug-likeness (QED) is 0.680. The van der Waals surface area contributed by atoms with Crippen LogP contribution >= 0.6 is 0 Å². The molecule has 1 heteroatoms. The first-order chi connectivity index (χ1) is 10.4. The fraction of sp³-hybridized carbons (Fsp3) is 0.900. The molecule has 0 aliphatic heterocycles. The van der Waals surface area contributed by atoms with Gasteiger partial charge in [0.1, 0.15) is 0 Å². The second-order valence-electron chi connectivity index (χ2n) is 7.88. The first-order valence-electron chi connectivity index (χ1n) is 9.74. The van der Waals surface area contributed by atoms with Gasteiger partial charge in [0, 0.05) is 6.04 Å². The Balaban J connectivity index is 1.64. The number of likely N-dealkylation sites (N-methyl/N-ethyl adjacent to an activating group) is 1. The van der Waals surface area contributed by atoms with Crippen LogP contribution in [0.1, 0.15) is 83.5 Å². The molecule has 0 heterocycles. The summed E-state index contributed by atoms with van der Waals surface area (Å²) < 4.78 is 0. The summed E-state index contributed by atoms with van der Waals surface area (Å²) >= 11 is 0. The molecular formula is C20H35N. The lowest BCUT2D eigenvalue weighted by atomic mass is 9.65. The summed E-state index contributed by atoms with van der Waals surface area (Å²) in [6.45, 7) is 0. The van der Waals surface area contributed by atoms with Crippen LogP contribution in [-0.2, 0) is 0 Å². The molecule has 4 atom stereocenters. The van der Waals surface area contributed by atoms with Gasteiger partial charge in [-0.05, 0) is 69.7 Å². The first kappa shape index (κ1) is 15.6. The summed E-state index contributed by atoms with van der Waals surface area (Å²) in [6.07, 6.45) is 21.6. The van der Waals surface area contributed by atoms with Crippen molar-refractivity contribution in [3.8, 4) is 0 Å². The summed E-state index contributed by atoms with van der Waals surface area (Å²) in [4.78, 5) is 0. The van der Waals surface area contributed by atoms with E-state index in [4.69, 9.17) is 0 Å². The molecule has 1 N–H and O–H groups in total. The highest BCUT2D eigenvalue weighted by Crippen LogP contribution is 2.44. The number of nitrogens with one attached hydrogen (secondary N) is 1. The van der Waals surface area contributed by atoms with Gasteiger partial charge in [-0.25, -0.2) is 0 Å². The van der Waals surface area contributed by atoms with E-state index in [0.29, 0.717) is 6.04 Å². The molecule has 0 bridgehead atoms. The molecule has 3 aliphatic carbocycles. The third kappa shape index (κ3) is 3.92. The van der Waals surface area contributed by atoms with Crippen LogP contribution in [0.2, 0.25) is 0 Å². The Kier molecular flexibility index (Phi) is 5.80. The predicted molar refractivity (Wildman–Crippen MR) is 91.4 cm³/mol. The summed E-state index contributed by atoms with van der Waals surface area (Å²) in [6, 6.07) is 0.686. The van der Waals surface area contributed by atoms with Crippen molar-refractivity contribution in [3.63, 3.8) is 0 Å². The van der Waals surface area contributed by atoms with E-state index < -0.39 is 0 Å². The summed E-state index contributed by atoms with van der Waals surface area (Å²) in [5.41, 5.74) is 1.76. The molecule has 4 unspecified atom stereocenters. The topological polar surface area (TPSA) is 12.0 Å². The van der Waals surface area contributed by atoms with Crippen LogP contribution in [0.4, 0.5) is 0 Å². The Labute approximate surface area is 132 Å². The maximum atomic E-state index is 3.72. The third-order valence-electron chi connectivity index (χ3n) is 6.59. The average molecular weight is 290 g/mol. The molecule has 0 aromatic rings. The van der Waals surface area contributed by atoms with Crippen molar-refractivity contribution in [2.75, 3.05) is 7.05 Å². The Bertz CT molecular complexity index is 346. The van der Waals surface area contributed by atoms with Gasteiger partial charge in [-0.15, -0.1) is 0 Å². The van der Waals surface area contributed by atoms with Gasteiger partial charge in [0.05, 0.1) is 0 Å². The first-order valence-corrected chi connectivity index (χ1v) is 9.74. The lowest BCUT2D eigenvalue weighted by Gasteiger charge is -2.42. The van der Waals surface area contributed by atoms with Gasteiger partial charge in [-0.2, -0.15) is 0 Å². The van der Waals surface area contributed by atoms with Crippen molar-refractivity contribution in [1.82, 2.24) is 5.32 Å². The van der Waals surface area contributed by atoms with E-state index in [1.165, 1.54) is 83.5 Å². The number of allylic oxidation sites excluding steroid dienone is 1. The van der Waals surface area contributed by atoms with Crippen LogP contribution in [-0.4, -0.2) is 13.1 Å². The molecule has 120 valence electrons. The lowest BCUT2D eigenvalue weighted by Crippen LogP contribution is -2.40. The van der Waals surface area contributed by atoms with E-state index in [-0.39, 0.29) is 0 Å². The van der Waals surface area contributed by atoms with Gasteiger partial charge >= 0.3 is 0 Å². The minimum Gasteiger partial charge on any atom is -0.313 e. The molecule has 0 aromatic carbocycles. The molecule has 2 saturated carbocycles. The number of rotatable bonds is 3. The van der Waals surface area contributed by atoms with Crippen molar-refractivity contribution in [2.24, 2.45) is 17.8 Å². The van der Waals surface area contributed by atoms with Crippen molar-refractivity contribution in [1.29, 1.82) is 0 Å². The van der Waals surface area contributed by atoms with E-state index in [2.05, 4.69) is 18.4 Å². The zero-order valence-corrected chi connectivity index (χ0v) is 14.1. The molecular weight excluding hydrogens is 254 g/mol.